The highest BCUT2D eigenvalue weighted by Gasteiger charge is 2.27. The Balaban J connectivity index is 1.59. The van der Waals surface area contributed by atoms with Crippen molar-refractivity contribution in [3.63, 3.8) is 0 Å². The fourth-order valence-electron chi connectivity index (χ4n) is 2.73. The molecule has 1 fully saturated rings. The molecule has 1 aromatic carbocycles. The second-order valence-electron chi connectivity index (χ2n) is 5.69. The molecule has 0 radical (unpaired) electrons. The second-order valence-corrected chi connectivity index (χ2v) is 5.69. The van der Waals surface area contributed by atoms with Crippen molar-refractivity contribution in [2.24, 2.45) is 0 Å². The maximum atomic E-state index is 12.9. The molecule has 0 aliphatic carbocycles. The summed E-state index contributed by atoms with van der Waals surface area (Å²) >= 11 is 0. The van der Waals surface area contributed by atoms with Gasteiger partial charge in [0.1, 0.15) is 5.82 Å². The summed E-state index contributed by atoms with van der Waals surface area (Å²) in [5.41, 5.74) is 0.514. The van der Waals surface area contributed by atoms with E-state index in [2.05, 4.69) is 15.0 Å². The van der Waals surface area contributed by atoms with E-state index >= 15 is 0 Å². The summed E-state index contributed by atoms with van der Waals surface area (Å²) in [6, 6.07) is 5.69. The summed E-state index contributed by atoms with van der Waals surface area (Å²) in [4.78, 5) is 20.7. The standard InChI is InChI=1S/C16H19FN4O2/c1-11(15-18-12(2)19-23-15)20-7-9-21(10-8-20)16(22)13-3-5-14(17)6-4-13/h3-6,11H,7-10H2,1-2H3/t11-/m0/s1. The molecular formula is C16H19FN4O2. The Labute approximate surface area is 133 Å². The molecule has 3 rings (SSSR count). The van der Waals surface area contributed by atoms with Crippen molar-refractivity contribution in [3.8, 4) is 0 Å². The first-order chi connectivity index (χ1) is 11.0. The van der Waals surface area contributed by atoms with Crippen molar-refractivity contribution < 1.29 is 13.7 Å². The average Bonchev–Trinajstić information content (AvgIpc) is 3.01. The lowest BCUT2D eigenvalue weighted by atomic mass is 10.1. The van der Waals surface area contributed by atoms with Crippen molar-refractivity contribution in [1.29, 1.82) is 0 Å². The van der Waals surface area contributed by atoms with Gasteiger partial charge in [0, 0.05) is 31.7 Å². The number of halogens is 1. The number of hydrogen-bond acceptors (Lipinski definition) is 5. The molecule has 1 aliphatic heterocycles. The summed E-state index contributed by atoms with van der Waals surface area (Å²) < 4.78 is 18.2. The van der Waals surface area contributed by atoms with E-state index in [0.717, 1.165) is 13.1 Å². The third-order valence-corrected chi connectivity index (χ3v) is 4.14. The maximum absolute atomic E-state index is 12.9. The SMILES string of the molecule is Cc1noc([C@H](C)N2CCN(C(=O)c3ccc(F)cc3)CC2)n1. The molecule has 2 heterocycles. The van der Waals surface area contributed by atoms with Crippen molar-refractivity contribution in [2.45, 2.75) is 19.9 Å². The Kier molecular flexibility index (Phi) is 4.38. The van der Waals surface area contributed by atoms with Crippen LogP contribution in [0, 0.1) is 12.7 Å². The van der Waals surface area contributed by atoms with E-state index in [4.69, 9.17) is 4.52 Å². The summed E-state index contributed by atoms with van der Waals surface area (Å²) in [5, 5.41) is 3.81. The number of benzene rings is 1. The van der Waals surface area contributed by atoms with Crippen LogP contribution in [-0.4, -0.2) is 52.0 Å². The van der Waals surface area contributed by atoms with Crippen molar-refractivity contribution in [1.82, 2.24) is 19.9 Å². The Morgan fingerprint density at radius 2 is 1.87 bits per heavy atom. The lowest BCUT2D eigenvalue weighted by molar-refractivity contribution is 0.0551. The van der Waals surface area contributed by atoms with E-state index in [-0.39, 0.29) is 17.8 Å². The molecule has 2 aromatic rings. The number of nitrogens with zero attached hydrogens (tertiary/aromatic N) is 4. The van der Waals surface area contributed by atoms with Crippen LogP contribution in [0.25, 0.3) is 0 Å². The van der Waals surface area contributed by atoms with Crippen LogP contribution >= 0.6 is 0 Å². The first-order valence-corrected chi connectivity index (χ1v) is 7.63. The van der Waals surface area contributed by atoms with E-state index in [1.807, 2.05) is 6.92 Å². The average molecular weight is 318 g/mol. The van der Waals surface area contributed by atoms with Gasteiger partial charge in [0.25, 0.3) is 5.91 Å². The number of aromatic nitrogens is 2. The lowest BCUT2D eigenvalue weighted by Gasteiger charge is -2.36. The number of rotatable bonds is 3. The molecule has 1 aromatic heterocycles. The predicted octanol–water partition coefficient (Wildman–Crippen LogP) is 2.04. The molecule has 6 nitrogen and oxygen atoms in total. The minimum Gasteiger partial charge on any atom is -0.338 e. The highest BCUT2D eigenvalue weighted by atomic mass is 19.1. The molecule has 1 saturated heterocycles. The van der Waals surface area contributed by atoms with E-state index < -0.39 is 0 Å². The number of carbonyl (C=O) groups excluding carboxylic acids is 1. The number of amides is 1. The Bertz CT molecular complexity index is 678. The zero-order valence-corrected chi connectivity index (χ0v) is 13.2. The highest BCUT2D eigenvalue weighted by molar-refractivity contribution is 5.94. The fraction of sp³-hybridized carbons (Fsp3) is 0.438. The molecule has 0 saturated carbocycles. The van der Waals surface area contributed by atoms with Crippen LogP contribution in [0.2, 0.25) is 0 Å². The first-order valence-electron chi connectivity index (χ1n) is 7.63. The topological polar surface area (TPSA) is 62.5 Å². The van der Waals surface area contributed by atoms with Crippen LogP contribution in [-0.2, 0) is 0 Å². The molecule has 0 unspecified atom stereocenters. The number of hydrogen-bond donors (Lipinski definition) is 0. The van der Waals surface area contributed by atoms with Gasteiger partial charge in [-0.2, -0.15) is 4.98 Å². The van der Waals surface area contributed by atoms with Crippen LogP contribution in [0.15, 0.2) is 28.8 Å². The number of carbonyl (C=O) groups is 1. The molecule has 1 amide bonds. The molecule has 7 heteroatoms. The largest absolute Gasteiger partial charge is 0.338 e. The van der Waals surface area contributed by atoms with Gasteiger partial charge in [-0.3, -0.25) is 9.69 Å². The van der Waals surface area contributed by atoms with Gasteiger partial charge >= 0.3 is 0 Å². The summed E-state index contributed by atoms with van der Waals surface area (Å²) in [6.45, 7) is 6.51. The van der Waals surface area contributed by atoms with Gasteiger partial charge in [-0.15, -0.1) is 0 Å². The van der Waals surface area contributed by atoms with Crippen LogP contribution in [0.3, 0.4) is 0 Å². The van der Waals surface area contributed by atoms with E-state index in [1.165, 1.54) is 24.3 Å². The van der Waals surface area contributed by atoms with Crippen molar-refractivity contribution in [3.05, 3.63) is 47.4 Å². The van der Waals surface area contributed by atoms with E-state index in [0.29, 0.717) is 30.4 Å². The molecule has 23 heavy (non-hydrogen) atoms. The monoisotopic (exact) mass is 318 g/mol. The predicted molar refractivity (Wildman–Crippen MR) is 81.3 cm³/mol. The zero-order chi connectivity index (χ0) is 16.4. The zero-order valence-electron chi connectivity index (χ0n) is 13.2. The smallest absolute Gasteiger partial charge is 0.253 e. The summed E-state index contributed by atoms with van der Waals surface area (Å²) in [7, 11) is 0. The highest BCUT2D eigenvalue weighted by Crippen LogP contribution is 2.20. The quantitative estimate of drug-likeness (QED) is 0.866. The minimum absolute atomic E-state index is 0.0271. The second kappa shape index (κ2) is 6.45. The normalized spacial score (nSPS) is 17.3. The van der Waals surface area contributed by atoms with Crippen molar-refractivity contribution >= 4 is 5.91 Å². The Morgan fingerprint density at radius 1 is 1.22 bits per heavy atom. The van der Waals surface area contributed by atoms with Gasteiger partial charge in [-0.05, 0) is 38.1 Å². The third-order valence-electron chi connectivity index (χ3n) is 4.14. The molecule has 1 aliphatic rings. The third kappa shape index (κ3) is 3.39. The molecule has 0 bridgehead atoms. The lowest BCUT2D eigenvalue weighted by Crippen LogP contribution is -2.49. The van der Waals surface area contributed by atoms with Gasteiger partial charge in [0.15, 0.2) is 5.82 Å². The van der Waals surface area contributed by atoms with Gasteiger partial charge in [-0.25, -0.2) is 4.39 Å². The Hall–Kier alpha value is -2.28. The Morgan fingerprint density at radius 3 is 2.43 bits per heavy atom. The van der Waals surface area contributed by atoms with E-state index in [9.17, 15) is 9.18 Å². The molecular weight excluding hydrogens is 299 g/mol. The van der Waals surface area contributed by atoms with Gasteiger partial charge in [0.2, 0.25) is 5.89 Å². The van der Waals surface area contributed by atoms with Crippen LogP contribution < -0.4 is 0 Å². The van der Waals surface area contributed by atoms with Gasteiger partial charge in [0.05, 0.1) is 6.04 Å². The summed E-state index contributed by atoms with van der Waals surface area (Å²) in [6.07, 6.45) is 0. The van der Waals surface area contributed by atoms with Crippen LogP contribution in [0.1, 0.15) is 35.0 Å². The van der Waals surface area contributed by atoms with Crippen LogP contribution in [0.4, 0.5) is 4.39 Å². The summed E-state index contributed by atoms with van der Waals surface area (Å²) in [5.74, 6) is 0.818. The number of piperazine rings is 1. The molecule has 1 atom stereocenters. The number of aryl methyl sites for hydroxylation is 1. The first kappa shape index (κ1) is 15.6. The van der Waals surface area contributed by atoms with Gasteiger partial charge in [-0.1, -0.05) is 5.16 Å². The fourth-order valence-corrected chi connectivity index (χ4v) is 2.73. The van der Waals surface area contributed by atoms with Gasteiger partial charge < -0.3 is 9.42 Å². The molecule has 0 N–H and O–H groups in total. The molecule has 122 valence electrons. The molecule has 0 spiro atoms. The van der Waals surface area contributed by atoms with Crippen LogP contribution in [0.5, 0.6) is 0 Å². The minimum atomic E-state index is -0.338. The maximum Gasteiger partial charge on any atom is 0.253 e. The van der Waals surface area contributed by atoms with Crippen molar-refractivity contribution in [2.75, 3.05) is 26.2 Å². The van der Waals surface area contributed by atoms with E-state index in [1.54, 1.807) is 11.8 Å².